The maximum atomic E-state index is 5.43. The first kappa shape index (κ1) is 10.9. The first-order valence-electron chi connectivity index (χ1n) is 5.23. The van der Waals surface area contributed by atoms with Crippen LogP contribution in [0.25, 0.3) is 0 Å². The number of ether oxygens (including phenoxy) is 4. The predicted octanol–water partition coefficient (Wildman–Crippen LogP) is 2.56. The van der Waals surface area contributed by atoms with Gasteiger partial charge in [0.1, 0.15) is 0 Å². The quantitative estimate of drug-likeness (QED) is 0.790. The summed E-state index contributed by atoms with van der Waals surface area (Å²) in [5, 5.41) is 0. The largest absolute Gasteiger partial charge is 0.493 e. The normalized spacial score (nSPS) is 13.1. The molecule has 4 heteroatoms. The molecule has 4 nitrogen and oxygen atoms in total. The smallest absolute Gasteiger partial charge is 0.231 e. The van der Waals surface area contributed by atoms with Crippen LogP contribution >= 0.6 is 0 Å². The number of hydrogen-bond acceptors (Lipinski definition) is 4. The lowest BCUT2D eigenvalue weighted by Gasteiger charge is -2.15. The highest BCUT2D eigenvalue weighted by Crippen LogP contribution is 2.50. The van der Waals surface area contributed by atoms with E-state index in [1.807, 2.05) is 6.07 Å². The van der Waals surface area contributed by atoms with Gasteiger partial charge in [0, 0.05) is 5.56 Å². The molecule has 88 valence electrons. The molecular formula is C12H16O4. The lowest BCUT2D eigenvalue weighted by Crippen LogP contribution is -1.97. The van der Waals surface area contributed by atoms with Crippen molar-refractivity contribution in [2.24, 2.45) is 0 Å². The highest BCUT2D eigenvalue weighted by atomic mass is 16.7. The van der Waals surface area contributed by atoms with Crippen molar-refractivity contribution in [3.8, 4) is 23.0 Å². The molecule has 0 aliphatic carbocycles. The minimum atomic E-state index is 0.212. The lowest BCUT2D eigenvalue weighted by atomic mass is 10.0. The summed E-state index contributed by atoms with van der Waals surface area (Å²) in [5.41, 5.74) is 1.06. The van der Waals surface area contributed by atoms with E-state index in [0.717, 1.165) is 11.3 Å². The third-order valence-corrected chi connectivity index (χ3v) is 2.64. The van der Waals surface area contributed by atoms with Crippen LogP contribution in [0.1, 0.15) is 25.3 Å². The van der Waals surface area contributed by atoms with E-state index >= 15 is 0 Å². The number of benzene rings is 1. The van der Waals surface area contributed by atoms with Crippen LogP contribution < -0.4 is 18.9 Å². The molecule has 1 aromatic rings. The molecule has 0 N–H and O–H groups in total. The minimum Gasteiger partial charge on any atom is -0.493 e. The van der Waals surface area contributed by atoms with Gasteiger partial charge in [-0.15, -0.1) is 0 Å². The Hall–Kier alpha value is -1.58. The molecule has 0 saturated heterocycles. The SMILES string of the molecule is COc1cc(C(C)C)c(OC)c2c1OCO2. The van der Waals surface area contributed by atoms with Gasteiger partial charge in [-0.2, -0.15) is 0 Å². The Kier molecular flexibility index (Phi) is 2.81. The highest BCUT2D eigenvalue weighted by Gasteiger charge is 2.27. The summed E-state index contributed by atoms with van der Waals surface area (Å²) >= 11 is 0. The van der Waals surface area contributed by atoms with Gasteiger partial charge in [0.15, 0.2) is 11.5 Å². The third kappa shape index (κ3) is 1.54. The average molecular weight is 224 g/mol. The van der Waals surface area contributed by atoms with Gasteiger partial charge in [-0.05, 0) is 12.0 Å². The average Bonchev–Trinajstić information content (AvgIpc) is 2.75. The Labute approximate surface area is 95.1 Å². The summed E-state index contributed by atoms with van der Waals surface area (Å²) in [4.78, 5) is 0. The first-order chi connectivity index (χ1) is 7.69. The number of rotatable bonds is 3. The third-order valence-electron chi connectivity index (χ3n) is 2.64. The van der Waals surface area contributed by atoms with Gasteiger partial charge in [-0.1, -0.05) is 13.8 Å². The lowest BCUT2D eigenvalue weighted by molar-refractivity contribution is 0.168. The zero-order valence-electron chi connectivity index (χ0n) is 9.99. The molecule has 0 radical (unpaired) electrons. The fourth-order valence-electron chi connectivity index (χ4n) is 1.82. The van der Waals surface area contributed by atoms with E-state index in [0.29, 0.717) is 23.2 Å². The number of methoxy groups -OCH3 is 2. The van der Waals surface area contributed by atoms with E-state index in [-0.39, 0.29) is 6.79 Å². The van der Waals surface area contributed by atoms with Crippen molar-refractivity contribution in [1.82, 2.24) is 0 Å². The molecule has 1 heterocycles. The molecular weight excluding hydrogens is 208 g/mol. The van der Waals surface area contributed by atoms with Crippen LogP contribution in [0.2, 0.25) is 0 Å². The van der Waals surface area contributed by atoms with Crippen molar-refractivity contribution >= 4 is 0 Å². The molecule has 0 aromatic heterocycles. The molecule has 0 saturated carbocycles. The second-order valence-corrected chi connectivity index (χ2v) is 3.92. The van der Waals surface area contributed by atoms with E-state index in [2.05, 4.69) is 13.8 Å². The van der Waals surface area contributed by atoms with Gasteiger partial charge in [-0.25, -0.2) is 0 Å². The summed E-state index contributed by atoms with van der Waals surface area (Å²) in [6.45, 7) is 4.41. The van der Waals surface area contributed by atoms with Crippen LogP contribution in [0.4, 0.5) is 0 Å². The van der Waals surface area contributed by atoms with Crippen molar-refractivity contribution in [3.63, 3.8) is 0 Å². The standard InChI is InChI=1S/C12H16O4/c1-7(2)8-5-9(13-3)11-12(10(8)14-4)16-6-15-11/h5,7H,6H2,1-4H3. The molecule has 2 rings (SSSR count). The number of fused-ring (bicyclic) bond motifs is 1. The van der Waals surface area contributed by atoms with Crippen LogP contribution in [0, 0.1) is 0 Å². The van der Waals surface area contributed by atoms with Crippen LogP contribution in [0.5, 0.6) is 23.0 Å². The van der Waals surface area contributed by atoms with E-state index in [1.54, 1.807) is 14.2 Å². The van der Waals surface area contributed by atoms with Gasteiger partial charge in [0.25, 0.3) is 0 Å². The van der Waals surface area contributed by atoms with E-state index in [4.69, 9.17) is 18.9 Å². The van der Waals surface area contributed by atoms with Gasteiger partial charge < -0.3 is 18.9 Å². The highest BCUT2D eigenvalue weighted by molar-refractivity contribution is 5.64. The van der Waals surface area contributed by atoms with Crippen molar-refractivity contribution in [2.75, 3.05) is 21.0 Å². The molecule has 0 atom stereocenters. The summed E-state index contributed by atoms with van der Waals surface area (Å²) in [7, 11) is 3.25. The first-order valence-corrected chi connectivity index (χ1v) is 5.23. The zero-order valence-corrected chi connectivity index (χ0v) is 9.99. The van der Waals surface area contributed by atoms with Crippen LogP contribution in [0.15, 0.2) is 6.07 Å². The predicted molar refractivity (Wildman–Crippen MR) is 59.8 cm³/mol. The molecule has 0 spiro atoms. The summed E-state index contributed by atoms with van der Waals surface area (Å²) in [6, 6.07) is 1.94. The molecule has 0 bridgehead atoms. The van der Waals surface area contributed by atoms with Crippen LogP contribution in [0.3, 0.4) is 0 Å². The Morgan fingerprint density at radius 1 is 1.12 bits per heavy atom. The van der Waals surface area contributed by atoms with Gasteiger partial charge in [0.2, 0.25) is 18.3 Å². The van der Waals surface area contributed by atoms with E-state index in [1.165, 1.54) is 0 Å². The summed E-state index contributed by atoms with van der Waals surface area (Å²) < 4.78 is 21.5. The maximum absolute atomic E-state index is 5.43. The van der Waals surface area contributed by atoms with Crippen LogP contribution in [-0.4, -0.2) is 21.0 Å². The van der Waals surface area contributed by atoms with E-state index < -0.39 is 0 Å². The van der Waals surface area contributed by atoms with Crippen molar-refractivity contribution in [3.05, 3.63) is 11.6 Å². The fraction of sp³-hybridized carbons (Fsp3) is 0.500. The summed E-state index contributed by atoms with van der Waals surface area (Å²) in [5.74, 6) is 3.04. The molecule has 1 aliphatic heterocycles. The van der Waals surface area contributed by atoms with Crippen molar-refractivity contribution < 1.29 is 18.9 Å². The van der Waals surface area contributed by atoms with Crippen LogP contribution in [-0.2, 0) is 0 Å². The van der Waals surface area contributed by atoms with Gasteiger partial charge >= 0.3 is 0 Å². The van der Waals surface area contributed by atoms with E-state index in [9.17, 15) is 0 Å². The topological polar surface area (TPSA) is 36.9 Å². The van der Waals surface area contributed by atoms with Gasteiger partial charge in [0.05, 0.1) is 14.2 Å². The molecule has 1 aromatic carbocycles. The van der Waals surface area contributed by atoms with Gasteiger partial charge in [-0.3, -0.25) is 0 Å². The summed E-state index contributed by atoms with van der Waals surface area (Å²) in [6.07, 6.45) is 0. The molecule has 0 amide bonds. The second kappa shape index (κ2) is 4.12. The Morgan fingerprint density at radius 2 is 1.81 bits per heavy atom. The monoisotopic (exact) mass is 224 g/mol. The minimum absolute atomic E-state index is 0.212. The molecule has 0 fully saturated rings. The Morgan fingerprint density at radius 3 is 2.38 bits per heavy atom. The second-order valence-electron chi connectivity index (χ2n) is 3.92. The molecule has 0 unspecified atom stereocenters. The fourth-order valence-corrected chi connectivity index (χ4v) is 1.82. The van der Waals surface area contributed by atoms with Crippen molar-refractivity contribution in [2.45, 2.75) is 19.8 Å². The van der Waals surface area contributed by atoms with Crippen molar-refractivity contribution in [1.29, 1.82) is 0 Å². The molecule has 1 aliphatic rings. The molecule has 16 heavy (non-hydrogen) atoms. The number of hydrogen-bond donors (Lipinski definition) is 0. The maximum Gasteiger partial charge on any atom is 0.231 e. The Bertz CT molecular complexity index is 398. The Balaban J connectivity index is 2.63. The zero-order chi connectivity index (χ0) is 11.7.